The number of nitrogens with one attached hydrogen (secondary N) is 2. The molecule has 0 aliphatic carbocycles. The van der Waals surface area contributed by atoms with Crippen LogP contribution in [0.1, 0.15) is 12.5 Å². The van der Waals surface area contributed by atoms with Crippen LogP contribution in [-0.4, -0.2) is 40.3 Å². The largest absolute Gasteiger partial charge is 0.497 e. The first-order valence-electron chi connectivity index (χ1n) is 8.58. The summed E-state index contributed by atoms with van der Waals surface area (Å²) in [6.45, 7) is 3.91. The molecule has 0 fully saturated rings. The van der Waals surface area contributed by atoms with Crippen molar-refractivity contribution >= 4 is 11.6 Å². The van der Waals surface area contributed by atoms with Gasteiger partial charge in [0.05, 0.1) is 33.4 Å². The Bertz CT molecular complexity index is 716. The molecule has 0 radical (unpaired) electrons. The van der Waals surface area contributed by atoms with E-state index in [1.54, 1.807) is 21.3 Å². The van der Waals surface area contributed by atoms with Gasteiger partial charge in [0, 0.05) is 5.69 Å². The zero-order chi connectivity index (χ0) is 18.9. The molecule has 6 heteroatoms. The van der Waals surface area contributed by atoms with Gasteiger partial charge in [0.2, 0.25) is 0 Å². The third-order valence-electron chi connectivity index (χ3n) is 4.21. The van der Waals surface area contributed by atoms with Crippen LogP contribution in [0.3, 0.4) is 0 Å². The van der Waals surface area contributed by atoms with Gasteiger partial charge in [-0.05, 0) is 49.4 Å². The number of likely N-dealkylation sites (N-methyl/N-ethyl adjacent to an activating group) is 1. The van der Waals surface area contributed by atoms with Gasteiger partial charge >= 0.3 is 0 Å². The standard InChI is InChI=1S/C20H26N2O4/c1-5-22(13-15-12-18(25-3)10-11-19(15)26-4)14-20(23)21-16-6-8-17(24-2)9-7-16/h6-12H,5,13-14H2,1-4H3,(H,21,23)/p+1. The van der Waals surface area contributed by atoms with Crippen molar-refractivity contribution < 1.29 is 23.9 Å². The number of ether oxygens (including phenoxy) is 3. The molecule has 0 aliphatic heterocycles. The fraction of sp³-hybridized carbons (Fsp3) is 0.350. The number of rotatable bonds is 9. The molecule has 26 heavy (non-hydrogen) atoms. The number of hydrogen-bond donors (Lipinski definition) is 2. The topological polar surface area (TPSA) is 61.2 Å². The van der Waals surface area contributed by atoms with E-state index in [0.29, 0.717) is 13.1 Å². The molecular weight excluding hydrogens is 332 g/mol. The summed E-state index contributed by atoms with van der Waals surface area (Å²) in [4.78, 5) is 13.5. The van der Waals surface area contributed by atoms with Crippen LogP contribution >= 0.6 is 0 Å². The van der Waals surface area contributed by atoms with Crippen LogP contribution in [0.5, 0.6) is 17.2 Å². The molecule has 0 saturated carbocycles. The Morgan fingerprint density at radius 1 is 0.962 bits per heavy atom. The quantitative estimate of drug-likeness (QED) is 0.716. The smallest absolute Gasteiger partial charge is 0.279 e. The minimum absolute atomic E-state index is 0.0334. The van der Waals surface area contributed by atoms with Gasteiger partial charge in [0.15, 0.2) is 6.54 Å². The third kappa shape index (κ3) is 5.39. The van der Waals surface area contributed by atoms with Crippen molar-refractivity contribution in [2.45, 2.75) is 13.5 Å². The van der Waals surface area contributed by atoms with E-state index in [4.69, 9.17) is 14.2 Å². The van der Waals surface area contributed by atoms with Gasteiger partial charge in [0.1, 0.15) is 23.8 Å². The summed E-state index contributed by atoms with van der Waals surface area (Å²) < 4.78 is 15.8. The minimum atomic E-state index is -0.0334. The number of amides is 1. The van der Waals surface area contributed by atoms with Crippen LogP contribution in [0.2, 0.25) is 0 Å². The first-order chi connectivity index (χ1) is 12.6. The van der Waals surface area contributed by atoms with E-state index in [1.165, 1.54) is 0 Å². The van der Waals surface area contributed by atoms with E-state index in [9.17, 15) is 4.79 Å². The lowest BCUT2D eigenvalue weighted by Crippen LogP contribution is -3.11. The Hall–Kier alpha value is -2.73. The van der Waals surface area contributed by atoms with Gasteiger partial charge in [-0.2, -0.15) is 0 Å². The molecule has 0 saturated heterocycles. The van der Waals surface area contributed by atoms with Gasteiger partial charge in [-0.3, -0.25) is 4.79 Å². The monoisotopic (exact) mass is 359 g/mol. The normalized spacial score (nSPS) is 11.5. The molecule has 2 aromatic rings. The van der Waals surface area contributed by atoms with Crippen molar-refractivity contribution in [3.63, 3.8) is 0 Å². The van der Waals surface area contributed by atoms with Gasteiger partial charge < -0.3 is 24.4 Å². The maximum atomic E-state index is 12.4. The summed E-state index contributed by atoms with van der Waals surface area (Å²) in [6.07, 6.45) is 0. The summed E-state index contributed by atoms with van der Waals surface area (Å²) >= 11 is 0. The zero-order valence-electron chi connectivity index (χ0n) is 15.8. The predicted molar refractivity (Wildman–Crippen MR) is 101 cm³/mol. The molecule has 2 aromatic carbocycles. The molecule has 6 nitrogen and oxygen atoms in total. The van der Waals surface area contributed by atoms with Crippen LogP contribution in [0.4, 0.5) is 5.69 Å². The lowest BCUT2D eigenvalue weighted by atomic mass is 10.1. The van der Waals surface area contributed by atoms with Gasteiger partial charge in [-0.25, -0.2) is 0 Å². The van der Waals surface area contributed by atoms with E-state index < -0.39 is 0 Å². The molecule has 0 bridgehead atoms. The number of benzene rings is 2. The highest BCUT2D eigenvalue weighted by molar-refractivity contribution is 5.91. The summed E-state index contributed by atoms with van der Waals surface area (Å²) in [6, 6.07) is 13.0. The third-order valence-corrected chi connectivity index (χ3v) is 4.21. The average molecular weight is 359 g/mol. The van der Waals surface area contributed by atoms with Crippen molar-refractivity contribution in [3.05, 3.63) is 48.0 Å². The number of carbonyl (C=O) groups is 1. The molecule has 1 unspecified atom stereocenters. The van der Waals surface area contributed by atoms with Crippen LogP contribution in [0.25, 0.3) is 0 Å². The number of quaternary nitrogens is 1. The van der Waals surface area contributed by atoms with Crippen molar-refractivity contribution in [2.24, 2.45) is 0 Å². The lowest BCUT2D eigenvalue weighted by molar-refractivity contribution is -0.903. The van der Waals surface area contributed by atoms with Gasteiger partial charge in [-0.1, -0.05) is 0 Å². The number of anilines is 1. The maximum absolute atomic E-state index is 12.4. The van der Waals surface area contributed by atoms with E-state index in [-0.39, 0.29) is 5.91 Å². The number of carbonyl (C=O) groups excluding carboxylic acids is 1. The maximum Gasteiger partial charge on any atom is 0.279 e. The summed E-state index contributed by atoms with van der Waals surface area (Å²) in [7, 11) is 4.90. The van der Waals surface area contributed by atoms with E-state index in [0.717, 1.165) is 39.9 Å². The number of hydrogen-bond acceptors (Lipinski definition) is 4. The highest BCUT2D eigenvalue weighted by Gasteiger charge is 2.16. The van der Waals surface area contributed by atoms with Crippen molar-refractivity contribution in [3.8, 4) is 17.2 Å². The first-order valence-corrected chi connectivity index (χ1v) is 8.58. The molecule has 2 rings (SSSR count). The Labute approximate surface area is 154 Å². The molecule has 0 heterocycles. The lowest BCUT2D eigenvalue weighted by Gasteiger charge is -2.19. The van der Waals surface area contributed by atoms with Gasteiger partial charge in [0.25, 0.3) is 5.91 Å². The molecule has 0 aromatic heterocycles. The minimum Gasteiger partial charge on any atom is -0.497 e. The summed E-state index contributed by atoms with van der Waals surface area (Å²) in [5, 5.41) is 2.92. The highest BCUT2D eigenvalue weighted by atomic mass is 16.5. The summed E-state index contributed by atoms with van der Waals surface area (Å²) in [5.74, 6) is 2.30. The first kappa shape index (κ1) is 19.6. The zero-order valence-corrected chi connectivity index (χ0v) is 15.8. The highest BCUT2D eigenvalue weighted by Crippen LogP contribution is 2.23. The van der Waals surface area contributed by atoms with Gasteiger partial charge in [-0.15, -0.1) is 0 Å². The second-order valence-electron chi connectivity index (χ2n) is 5.91. The molecule has 0 spiro atoms. The Morgan fingerprint density at radius 2 is 1.62 bits per heavy atom. The Kier molecular flexibility index (Phi) is 7.29. The molecule has 1 amide bonds. The van der Waals surface area contributed by atoms with Crippen LogP contribution in [-0.2, 0) is 11.3 Å². The van der Waals surface area contributed by atoms with E-state index in [2.05, 4.69) is 12.2 Å². The SMILES string of the molecule is CC[NH+](CC(=O)Nc1ccc(OC)cc1)Cc1cc(OC)ccc1OC. The predicted octanol–water partition coefficient (Wildman–Crippen LogP) is 1.76. The van der Waals surface area contributed by atoms with Crippen molar-refractivity contribution in [1.82, 2.24) is 0 Å². The molecular formula is C20H27N2O4+. The molecule has 0 aliphatic rings. The second-order valence-corrected chi connectivity index (χ2v) is 5.91. The van der Waals surface area contributed by atoms with Crippen molar-refractivity contribution in [2.75, 3.05) is 39.7 Å². The second kappa shape index (κ2) is 9.68. The fourth-order valence-electron chi connectivity index (χ4n) is 2.71. The van der Waals surface area contributed by atoms with Crippen LogP contribution in [0, 0.1) is 0 Å². The van der Waals surface area contributed by atoms with Crippen molar-refractivity contribution in [1.29, 1.82) is 0 Å². The number of methoxy groups -OCH3 is 3. The summed E-state index contributed by atoms with van der Waals surface area (Å²) in [5.41, 5.74) is 1.77. The molecule has 140 valence electrons. The van der Waals surface area contributed by atoms with Crippen LogP contribution < -0.4 is 24.4 Å². The Morgan fingerprint density at radius 3 is 2.19 bits per heavy atom. The molecule has 1 atom stereocenters. The Balaban J connectivity index is 2.00. The van der Waals surface area contributed by atoms with E-state index >= 15 is 0 Å². The van der Waals surface area contributed by atoms with E-state index in [1.807, 2.05) is 42.5 Å². The van der Waals surface area contributed by atoms with Crippen LogP contribution in [0.15, 0.2) is 42.5 Å². The fourth-order valence-corrected chi connectivity index (χ4v) is 2.71. The average Bonchev–Trinajstić information content (AvgIpc) is 2.67. The molecule has 2 N–H and O–H groups in total.